The van der Waals surface area contributed by atoms with Crippen LogP contribution in [0.3, 0.4) is 0 Å². The molecular weight excluding hydrogens is 312 g/mol. The molecule has 1 atom stereocenters. The lowest BCUT2D eigenvalue weighted by atomic mass is 9.84. The van der Waals surface area contributed by atoms with Gasteiger partial charge in [-0.2, -0.15) is 0 Å². The summed E-state index contributed by atoms with van der Waals surface area (Å²) in [4.78, 5) is 17.9. The molecule has 4 heterocycles. The van der Waals surface area contributed by atoms with Crippen molar-refractivity contribution in [2.24, 2.45) is 5.92 Å². The zero-order valence-electron chi connectivity index (χ0n) is 13.8. The summed E-state index contributed by atoms with van der Waals surface area (Å²) in [6.07, 6.45) is 6.87. The van der Waals surface area contributed by atoms with E-state index in [1.165, 1.54) is 12.7 Å². The molecule has 0 radical (unpaired) electrons. The van der Waals surface area contributed by atoms with E-state index >= 15 is 0 Å². The average molecular weight is 336 g/mol. The summed E-state index contributed by atoms with van der Waals surface area (Å²) in [7, 11) is 0. The molecule has 24 heavy (non-hydrogen) atoms. The molecule has 0 saturated carbocycles. The van der Waals surface area contributed by atoms with Crippen molar-refractivity contribution >= 4 is 5.91 Å². The molecule has 1 unspecified atom stereocenters. The number of carbonyl (C=O) groups is 1. The Hall–Kier alpha value is -1.44. The molecule has 0 aromatic carbocycles. The lowest BCUT2D eigenvalue weighted by Crippen LogP contribution is -2.67. The summed E-state index contributed by atoms with van der Waals surface area (Å²) in [5.74, 6) is 0.521. The Labute approximate surface area is 141 Å². The molecule has 0 bridgehead atoms. The van der Waals surface area contributed by atoms with Crippen molar-refractivity contribution in [3.63, 3.8) is 0 Å². The van der Waals surface area contributed by atoms with E-state index in [0.29, 0.717) is 31.3 Å². The molecule has 3 aliphatic rings. The molecule has 132 valence electrons. The third-order valence-electron chi connectivity index (χ3n) is 5.25. The molecule has 3 fully saturated rings. The molecule has 3 aliphatic heterocycles. The molecule has 1 aromatic heterocycles. The van der Waals surface area contributed by atoms with Gasteiger partial charge in [-0.3, -0.25) is 4.79 Å². The number of rotatable bonds is 4. The van der Waals surface area contributed by atoms with E-state index in [1.54, 1.807) is 4.90 Å². The van der Waals surface area contributed by atoms with E-state index < -0.39 is 0 Å². The molecule has 7 nitrogen and oxygen atoms in total. The quantitative estimate of drug-likeness (QED) is 0.829. The number of aromatic nitrogens is 1. The fourth-order valence-electron chi connectivity index (χ4n) is 3.80. The minimum atomic E-state index is -0.238. The maximum atomic E-state index is 12.2. The van der Waals surface area contributed by atoms with E-state index in [1.807, 2.05) is 0 Å². The smallest absolute Gasteiger partial charge is 0.276 e. The van der Waals surface area contributed by atoms with Crippen LogP contribution in [0.1, 0.15) is 36.2 Å². The van der Waals surface area contributed by atoms with Crippen molar-refractivity contribution in [3.05, 3.63) is 18.4 Å². The SMILES string of the molecule is O=C(c1cocn1)N1CC2(CC(OCC3CCOCC3)CCO2)C1. The largest absolute Gasteiger partial charge is 0.451 e. The van der Waals surface area contributed by atoms with E-state index in [4.69, 9.17) is 18.6 Å². The first kappa shape index (κ1) is 16.1. The molecule has 3 saturated heterocycles. The Morgan fingerprint density at radius 1 is 1.29 bits per heavy atom. The number of carbonyl (C=O) groups excluding carboxylic acids is 1. The van der Waals surface area contributed by atoms with Crippen molar-refractivity contribution in [1.29, 1.82) is 0 Å². The summed E-state index contributed by atoms with van der Waals surface area (Å²) in [6.45, 7) is 4.43. The number of hydrogen-bond acceptors (Lipinski definition) is 6. The first-order valence-corrected chi connectivity index (χ1v) is 8.75. The number of ether oxygens (including phenoxy) is 3. The van der Waals surface area contributed by atoms with Gasteiger partial charge >= 0.3 is 0 Å². The van der Waals surface area contributed by atoms with Crippen molar-refractivity contribution in [2.45, 2.75) is 37.4 Å². The third-order valence-corrected chi connectivity index (χ3v) is 5.25. The van der Waals surface area contributed by atoms with E-state index in [9.17, 15) is 4.79 Å². The molecule has 1 aromatic rings. The van der Waals surface area contributed by atoms with Crippen LogP contribution in [0.15, 0.2) is 17.1 Å². The third kappa shape index (κ3) is 3.34. The Morgan fingerprint density at radius 3 is 2.88 bits per heavy atom. The zero-order chi connectivity index (χ0) is 16.4. The van der Waals surface area contributed by atoms with Gasteiger partial charge in [0.2, 0.25) is 0 Å². The van der Waals surface area contributed by atoms with Gasteiger partial charge < -0.3 is 23.5 Å². The fourth-order valence-corrected chi connectivity index (χ4v) is 3.80. The lowest BCUT2D eigenvalue weighted by molar-refractivity contribution is -0.188. The summed E-state index contributed by atoms with van der Waals surface area (Å²) in [5, 5.41) is 0. The number of hydrogen-bond donors (Lipinski definition) is 0. The van der Waals surface area contributed by atoms with Crippen LogP contribution in [0.4, 0.5) is 0 Å². The predicted octanol–water partition coefficient (Wildman–Crippen LogP) is 1.49. The average Bonchev–Trinajstić information content (AvgIpc) is 3.13. The second-order valence-electron chi connectivity index (χ2n) is 7.07. The molecule has 7 heteroatoms. The maximum Gasteiger partial charge on any atom is 0.276 e. The van der Waals surface area contributed by atoms with E-state index in [0.717, 1.165) is 45.5 Å². The van der Waals surface area contributed by atoms with Gasteiger partial charge in [0.15, 0.2) is 12.1 Å². The summed E-state index contributed by atoms with van der Waals surface area (Å²) in [5.41, 5.74) is 0.117. The van der Waals surface area contributed by atoms with Crippen molar-refractivity contribution in [1.82, 2.24) is 9.88 Å². The monoisotopic (exact) mass is 336 g/mol. The van der Waals surface area contributed by atoms with E-state index in [-0.39, 0.29) is 17.6 Å². The van der Waals surface area contributed by atoms with E-state index in [2.05, 4.69) is 4.98 Å². The Balaban J connectivity index is 1.26. The minimum Gasteiger partial charge on any atom is -0.451 e. The molecule has 0 N–H and O–H groups in total. The lowest BCUT2D eigenvalue weighted by Gasteiger charge is -2.52. The summed E-state index contributed by atoms with van der Waals surface area (Å²) < 4.78 is 22.4. The highest BCUT2D eigenvalue weighted by atomic mass is 16.5. The van der Waals surface area contributed by atoms with Crippen LogP contribution in [0, 0.1) is 5.92 Å². The maximum absolute atomic E-state index is 12.2. The Bertz CT molecular complexity index is 549. The van der Waals surface area contributed by atoms with Gasteiger partial charge in [0.25, 0.3) is 5.91 Å². The number of nitrogens with zero attached hydrogens (tertiary/aromatic N) is 2. The van der Waals surface area contributed by atoms with Crippen LogP contribution >= 0.6 is 0 Å². The number of oxazole rings is 1. The van der Waals surface area contributed by atoms with Gasteiger partial charge in [-0.15, -0.1) is 0 Å². The highest BCUT2D eigenvalue weighted by molar-refractivity contribution is 5.92. The van der Waals surface area contributed by atoms with Crippen LogP contribution < -0.4 is 0 Å². The van der Waals surface area contributed by atoms with Gasteiger partial charge in [-0.25, -0.2) is 4.98 Å². The standard InChI is InChI=1S/C17H24N2O5/c20-16(15-9-22-12-18-15)19-10-17(11-19)7-14(3-6-24-17)23-8-13-1-4-21-5-2-13/h9,12-14H,1-8,10-11H2. The van der Waals surface area contributed by atoms with Crippen LogP contribution in [-0.2, 0) is 14.2 Å². The molecule has 4 rings (SSSR count). The Kier molecular flexibility index (Phi) is 4.56. The predicted molar refractivity (Wildman–Crippen MR) is 83.6 cm³/mol. The van der Waals surface area contributed by atoms with Crippen molar-refractivity contribution in [2.75, 3.05) is 39.5 Å². The van der Waals surface area contributed by atoms with Crippen LogP contribution in [-0.4, -0.2) is 67.0 Å². The summed E-state index contributed by atoms with van der Waals surface area (Å²) >= 11 is 0. The van der Waals surface area contributed by atoms with Gasteiger partial charge in [0.05, 0.1) is 19.2 Å². The van der Waals surface area contributed by atoms with Gasteiger partial charge in [0.1, 0.15) is 11.9 Å². The molecule has 0 aliphatic carbocycles. The fraction of sp³-hybridized carbons (Fsp3) is 0.765. The number of likely N-dealkylation sites (tertiary alicyclic amines) is 1. The number of amides is 1. The Morgan fingerprint density at radius 2 is 2.12 bits per heavy atom. The van der Waals surface area contributed by atoms with Crippen LogP contribution in [0.25, 0.3) is 0 Å². The van der Waals surface area contributed by atoms with Crippen molar-refractivity contribution < 1.29 is 23.4 Å². The topological polar surface area (TPSA) is 74.0 Å². The van der Waals surface area contributed by atoms with Gasteiger partial charge in [0, 0.05) is 32.8 Å². The molecule has 1 spiro atoms. The highest BCUT2D eigenvalue weighted by Crippen LogP contribution is 2.36. The van der Waals surface area contributed by atoms with Crippen LogP contribution in [0.2, 0.25) is 0 Å². The first-order valence-electron chi connectivity index (χ1n) is 8.75. The second-order valence-corrected chi connectivity index (χ2v) is 7.07. The van der Waals surface area contributed by atoms with Crippen LogP contribution in [0.5, 0.6) is 0 Å². The van der Waals surface area contributed by atoms with Gasteiger partial charge in [-0.1, -0.05) is 0 Å². The van der Waals surface area contributed by atoms with Gasteiger partial charge in [-0.05, 0) is 25.2 Å². The normalized spacial score (nSPS) is 27.2. The zero-order valence-corrected chi connectivity index (χ0v) is 13.8. The highest BCUT2D eigenvalue weighted by Gasteiger charge is 2.50. The van der Waals surface area contributed by atoms with Crippen molar-refractivity contribution in [3.8, 4) is 0 Å². The first-order chi connectivity index (χ1) is 11.7. The summed E-state index contributed by atoms with van der Waals surface area (Å²) in [6, 6.07) is 0. The molecular formula is C17H24N2O5. The molecule has 1 amide bonds. The second kappa shape index (κ2) is 6.82. The minimum absolute atomic E-state index is 0.0942.